The Labute approximate surface area is 98.9 Å². The van der Waals surface area contributed by atoms with Gasteiger partial charge in [0.15, 0.2) is 11.5 Å². The highest BCUT2D eigenvalue weighted by Gasteiger charge is 2.04. The van der Waals surface area contributed by atoms with E-state index in [9.17, 15) is 10.2 Å². The van der Waals surface area contributed by atoms with Gasteiger partial charge in [-0.25, -0.2) is 0 Å². The zero-order valence-electron chi connectivity index (χ0n) is 9.27. The maximum absolute atomic E-state index is 9.43. The number of phenols is 2. The van der Waals surface area contributed by atoms with Crippen LogP contribution in [0, 0.1) is 0 Å². The molecule has 0 aliphatic rings. The van der Waals surface area contributed by atoms with Crippen molar-refractivity contribution in [1.29, 1.82) is 0 Å². The molecule has 84 valence electrons. The summed E-state index contributed by atoms with van der Waals surface area (Å²) in [5.41, 5.74) is 0. The van der Waals surface area contributed by atoms with Gasteiger partial charge in [-0.15, -0.1) is 11.8 Å². The van der Waals surface area contributed by atoms with Crippen LogP contribution >= 0.6 is 11.8 Å². The Morgan fingerprint density at radius 2 is 1.56 bits per heavy atom. The van der Waals surface area contributed by atoms with E-state index < -0.39 is 0 Å². The summed E-state index contributed by atoms with van der Waals surface area (Å²) >= 11 is 1.78. The number of thioether (sulfide) groups is 1. The van der Waals surface area contributed by atoms with Crippen LogP contribution in [0.4, 0.5) is 0 Å². The van der Waals surface area contributed by atoms with Crippen LogP contribution in [-0.4, -0.2) is 15.5 Å². The maximum Gasteiger partial charge on any atom is 0.158 e. The quantitative estimate of drug-likeness (QED) is 0.614. The van der Waals surface area contributed by atoms with Crippen LogP contribution in [0.2, 0.25) is 0 Å². The van der Waals surface area contributed by atoms with Gasteiger partial charge in [0, 0.05) is 10.1 Å². The molecule has 2 aromatic carbocycles. The molecule has 16 heavy (non-hydrogen) atoms. The molecule has 0 aliphatic heterocycles. The number of fused-ring (bicyclic) bond motifs is 1. The number of aromatic hydroxyl groups is 2. The Bertz CT molecular complexity index is 521. The zero-order chi connectivity index (χ0) is 11.7. The summed E-state index contributed by atoms with van der Waals surface area (Å²) in [6.45, 7) is 4.28. The average molecular weight is 234 g/mol. The van der Waals surface area contributed by atoms with E-state index in [4.69, 9.17) is 0 Å². The minimum Gasteiger partial charge on any atom is -0.504 e. The first kappa shape index (κ1) is 11.1. The first-order chi connectivity index (χ1) is 7.56. The molecular weight excluding hydrogens is 220 g/mol. The lowest BCUT2D eigenvalue weighted by molar-refractivity contribution is 0.405. The molecule has 0 fully saturated rings. The standard InChI is InChI=1S/C13H14O2S/c1-8(2)16-11-4-3-9-6-12(14)13(15)7-10(9)5-11/h3-8,14-15H,1-2H3. The van der Waals surface area contributed by atoms with Crippen LogP contribution in [0.15, 0.2) is 35.2 Å². The van der Waals surface area contributed by atoms with E-state index >= 15 is 0 Å². The van der Waals surface area contributed by atoms with Crippen molar-refractivity contribution >= 4 is 22.5 Å². The zero-order valence-corrected chi connectivity index (χ0v) is 10.1. The molecule has 0 saturated carbocycles. The Hall–Kier alpha value is -1.35. The van der Waals surface area contributed by atoms with Gasteiger partial charge in [0.1, 0.15) is 0 Å². The minimum absolute atomic E-state index is 0.0702. The Morgan fingerprint density at radius 1 is 0.938 bits per heavy atom. The maximum atomic E-state index is 9.43. The Morgan fingerprint density at radius 3 is 2.19 bits per heavy atom. The van der Waals surface area contributed by atoms with Crippen molar-refractivity contribution in [3.8, 4) is 11.5 Å². The van der Waals surface area contributed by atoms with Crippen LogP contribution in [0.25, 0.3) is 10.8 Å². The highest BCUT2D eigenvalue weighted by atomic mass is 32.2. The fourth-order valence-corrected chi connectivity index (χ4v) is 2.48. The SMILES string of the molecule is CC(C)Sc1ccc2cc(O)c(O)cc2c1. The van der Waals surface area contributed by atoms with Crippen molar-refractivity contribution < 1.29 is 10.2 Å². The molecule has 0 aromatic heterocycles. The number of rotatable bonds is 2. The van der Waals surface area contributed by atoms with Crippen LogP contribution in [0.1, 0.15) is 13.8 Å². The number of hydrogen-bond donors (Lipinski definition) is 2. The highest BCUT2D eigenvalue weighted by molar-refractivity contribution is 7.99. The smallest absolute Gasteiger partial charge is 0.158 e. The van der Waals surface area contributed by atoms with Crippen molar-refractivity contribution in [3.63, 3.8) is 0 Å². The van der Waals surface area contributed by atoms with E-state index in [2.05, 4.69) is 13.8 Å². The van der Waals surface area contributed by atoms with Gasteiger partial charge in [-0.3, -0.25) is 0 Å². The van der Waals surface area contributed by atoms with E-state index in [0.717, 1.165) is 10.8 Å². The van der Waals surface area contributed by atoms with E-state index in [1.165, 1.54) is 4.90 Å². The van der Waals surface area contributed by atoms with Gasteiger partial charge in [-0.2, -0.15) is 0 Å². The molecule has 2 nitrogen and oxygen atoms in total. The van der Waals surface area contributed by atoms with Gasteiger partial charge in [0.2, 0.25) is 0 Å². The fraction of sp³-hybridized carbons (Fsp3) is 0.231. The third-order valence-electron chi connectivity index (χ3n) is 2.28. The molecule has 3 heteroatoms. The van der Waals surface area contributed by atoms with E-state index in [1.54, 1.807) is 23.9 Å². The van der Waals surface area contributed by atoms with Gasteiger partial charge >= 0.3 is 0 Å². The molecule has 0 aliphatic carbocycles. The Balaban J connectivity index is 2.49. The number of benzene rings is 2. The molecule has 0 saturated heterocycles. The van der Waals surface area contributed by atoms with Crippen molar-refractivity contribution in [2.24, 2.45) is 0 Å². The van der Waals surface area contributed by atoms with Gasteiger partial charge < -0.3 is 10.2 Å². The lowest BCUT2D eigenvalue weighted by atomic mass is 10.1. The molecule has 2 rings (SSSR count). The van der Waals surface area contributed by atoms with Gasteiger partial charge in [0.25, 0.3) is 0 Å². The summed E-state index contributed by atoms with van der Waals surface area (Å²) in [5.74, 6) is -0.143. The monoisotopic (exact) mass is 234 g/mol. The van der Waals surface area contributed by atoms with E-state index in [1.807, 2.05) is 18.2 Å². The summed E-state index contributed by atoms with van der Waals surface area (Å²) < 4.78 is 0. The summed E-state index contributed by atoms with van der Waals surface area (Å²) in [7, 11) is 0. The first-order valence-electron chi connectivity index (χ1n) is 5.18. The van der Waals surface area contributed by atoms with Crippen molar-refractivity contribution in [2.45, 2.75) is 24.0 Å². The topological polar surface area (TPSA) is 40.5 Å². The summed E-state index contributed by atoms with van der Waals surface area (Å²) in [5, 5.41) is 21.2. The van der Waals surface area contributed by atoms with Crippen LogP contribution < -0.4 is 0 Å². The summed E-state index contributed by atoms with van der Waals surface area (Å²) in [6, 6.07) is 9.19. The molecular formula is C13H14O2S. The summed E-state index contributed by atoms with van der Waals surface area (Å²) in [6.07, 6.45) is 0. The predicted octanol–water partition coefficient (Wildman–Crippen LogP) is 3.75. The third-order valence-corrected chi connectivity index (χ3v) is 3.27. The van der Waals surface area contributed by atoms with E-state index in [0.29, 0.717) is 5.25 Å². The largest absolute Gasteiger partial charge is 0.504 e. The minimum atomic E-state index is -0.0724. The van der Waals surface area contributed by atoms with Crippen LogP contribution in [-0.2, 0) is 0 Å². The highest BCUT2D eigenvalue weighted by Crippen LogP contribution is 2.33. The number of hydrogen-bond acceptors (Lipinski definition) is 3. The molecule has 0 unspecified atom stereocenters. The van der Waals surface area contributed by atoms with Gasteiger partial charge in [0.05, 0.1) is 0 Å². The molecule has 2 aromatic rings. The lowest BCUT2D eigenvalue weighted by Crippen LogP contribution is -1.85. The van der Waals surface area contributed by atoms with Gasteiger partial charge in [-0.1, -0.05) is 19.9 Å². The van der Waals surface area contributed by atoms with Crippen molar-refractivity contribution in [2.75, 3.05) is 0 Å². The fourth-order valence-electron chi connectivity index (χ4n) is 1.60. The van der Waals surface area contributed by atoms with Gasteiger partial charge in [-0.05, 0) is 35.0 Å². The second kappa shape index (κ2) is 4.26. The lowest BCUT2D eigenvalue weighted by Gasteiger charge is -2.07. The second-order valence-corrected chi connectivity index (χ2v) is 5.67. The summed E-state index contributed by atoms with van der Waals surface area (Å²) in [4.78, 5) is 1.17. The van der Waals surface area contributed by atoms with Crippen molar-refractivity contribution in [3.05, 3.63) is 30.3 Å². The number of phenolic OH excluding ortho intramolecular Hbond substituents is 2. The van der Waals surface area contributed by atoms with Crippen molar-refractivity contribution in [1.82, 2.24) is 0 Å². The average Bonchev–Trinajstić information content (AvgIpc) is 2.19. The molecule has 0 bridgehead atoms. The van der Waals surface area contributed by atoms with E-state index in [-0.39, 0.29) is 11.5 Å². The molecule has 0 spiro atoms. The predicted molar refractivity (Wildman–Crippen MR) is 68.3 cm³/mol. The first-order valence-corrected chi connectivity index (χ1v) is 6.06. The van der Waals surface area contributed by atoms with Crippen LogP contribution in [0.3, 0.4) is 0 Å². The molecule has 2 N–H and O–H groups in total. The third kappa shape index (κ3) is 2.25. The Kier molecular flexibility index (Phi) is 2.97. The van der Waals surface area contributed by atoms with Crippen LogP contribution in [0.5, 0.6) is 11.5 Å². The molecule has 0 radical (unpaired) electrons. The molecule has 0 atom stereocenters. The molecule has 0 heterocycles. The second-order valence-electron chi connectivity index (χ2n) is 4.02. The molecule has 0 amide bonds. The normalized spacial score (nSPS) is 11.2.